The van der Waals surface area contributed by atoms with Crippen LogP contribution in [-0.4, -0.2) is 33.9 Å². The van der Waals surface area contributed by atoms with E-state index in [1.165, 1.54) is 0 Å². The van der Waals surface area contributed by atoms with Crippen molar-refractivity contribution in [3.05, 3.63) is 17.2 Å². The summed E-state index contributed by atoms with van der Waals surface area (Å²) in [7, 11) is 3.22. The molecule has 0 aliphatic carbocycles. The number of ether oxygens (including phenoxy) is 2. The number of methoxy groups -OCH3 is 2. The number of hydrogen-bond acceptors (Lipinski definition) is 4. The van der Waals surface area contributed by atoms with E-state index < -0.39 is 0 Å². The fourth-order valence-electron chi connectivity index (χ4n) is 1.70. The van der Waals surface area contributed by atoms with Crippen LogP contribution < -0.4 is 20.1 Å². The molecule has 0 amide bonds. The predicted molar refractivity (Wildman–Crippen MR) is 71.5 cm³/mol. The van der Waals surface area contributed by atoms with Crippen LogP contribution in [0.2, 0.25) is 5.02 Å². The van der Waals surface area contributed by atoms with E-state index in [1.807, 2.05) is 6.07 Å². The Balaban J connectivity index is 3.18. The molecule has 0 spiro atoms. The number of nitrogens with two attached hydrogens (primary N) is 1. The Morgan fingerprint density at radius 1 is 1.24 bits per heavy atom. The molecule has 0 atom stereocenters. The van der Waals surface area contributed by atoms with Gasteiger partial charge >= 0.3 is 0 Å². The van der Waals surface area contributed by atoms with Crippen LogP contribution in [0.1, 0.15) is 6.92 Å². The lowest BCUT2D eigenvalue weighted by molar-refractivity contribution is 0.403. The van der Waals surface area contributed by atoms with Crippen molar-refractivity contribution in [3.8, 4) is 11.5 Å². The molecular weight excluding hydrogens is 240 g/mol. The molecule has 0 aliphatic rings. The molecule has 0 aromatic heterocycles. The quantitative estimate of drug-likeness (QED) is 0.849. The van der Waals surface area contributed by atoms with Gasteiger partial charge in [0.15, 0.2) is 0 Å². The fraction of sp³-hybridized carbons (Fsp3) is 0.500. The second-order valence-corrected chi connectivity index (χ2v) is 3.93. The highest BCUT2D eigenvalue weighted by atomic mass is 35.5. The second kappa shape index (κ2) is 6.57. The van der Waals surface area contributed by atoms with E-state index in [9.17, 15) is 0 Å². The van der Waals surface area contributed by atoms with E-state index in [0.717, 1.165) is 24.5 Å². The number of likely N-dealkylation sites (N-methyl/N-ethyl adjacent to an activating group) is 1. The van der Waals surface area contributed by atoms with Gasteiger partial charge in [0, 0.05) is 31.8 Å². The number of benzene rings is 1. The molecule has 17 heavy (non-hydrogen) atoms. The molecule has 1 aromatic rings. The van der Waals surface area contributed by atoms with Gasteiger partial charge in [-0.05, 0) is 6.92 Å². The van der Waals surface area contributed by atoms with Crippen molar-refractivity contribution in [2.75, 3.05) is 38.8 Å². The summed E-state index contributed by atoms with van der Waals surface area (Å²) in [6.07, 6.45) is 0. The summed E-state index contributed by atoms with van der Waals surface area (Å²) in [5.74, 6) is 1.36. The zero-order valence-corrected chi connectivity index (χ0v) is 11.3. The molecule has 0 heterocycles. The number of rotatable bonds is 6. The third-order valence-corrected chi connectivity index (χ3v) is 2.87. The summed E-state index contributed by atoms with van der Waals surface area (Å²) >= 11 is 6.06. The molecule has 0 unspecified atom stereocenters. The van der Waals surface area contributed by atoms with Gasteiger partial charge in [0.1, 0.15) is 11.5 Å². The molecular formula is C12H19ClN2O2. The summed E-state index contributed by atoms with van der Waals surface area (Å²) in [5.41, 5.74) is 6.54. The highest BCUT2D eigenvalue weighted by Crippen LogP contribution is 2.37. The third kappa shape index (κ3) is 3.17. The van der Waals surface area contributed by atoms with Crippen molar-refractivity contribution in [1.29, 1.82) is 0 Å². The van der Waals surface area contributed by atoms with Gasteiger partial charge < -0.3 is 20.1 Å². The lowest BCUT2D eigenvalue weighted by Gasteiger charge is -2.25. The maximum absolute atomic E-state index is 6.06. The average Bonchev–Trinajstić information content (AvgIpc) is 2.35. The number of hydrogen-bond donors (Lipinski definition) is 1. The number of halogens is 1. The molecule has 5 heteroatoms. The van der Waals surface area contributed by atoms with Crippen LogP contribution in [0.25, 0.3) is 0 Å². The first-order valence-corrected chi connectivity index (χ1v) is 5.92. The van der Waals surface area contributed by atoms with Gasteiger partial charge in [0.25, 0.3) is 0 Å². The van der Waals surface area contributed by atoms with E-state index in [1.54, 1.807) is 20.3 Å². The Bertz CT molecular complexity index is 372. The maximum Gasteiger partial charge on any atom is 0.143 e. The van der Waals surface area contributed by atoms with E-state index in [-0.39, 0.29) is 0 Å². The van der Waals surface area contributed by atoms with Crippen LogP contribution in [0.4, 0.5) is 5.69 Å². The summed E-state index contributed by atoms with van der Waals surface area (Å²) in [5, 5.41) is 0.539. The van der Waals surface area contributed by atoms with Crippen LogP contribution in [0, 0.1) is 0 Å². The topological polar surface area (TPSA) is 47.7 Å². The smallest absolute Gasteiger partial charge is 0.143 e. The van der Waals surface area contributed by atoms with E-state index in [4.69, 9.17) is 26.8 Å². The lowest BCUT2D eigenvalue weighted by Crippen LogP contribution is -2.29. The molecule has 0 bridgehead atoms. The molecule has 0 saturated heterocycles. The van der Waals surface area contributed by atoms with Gasteiger partial charge in [-0.3, -0.25) is 0 Å². The Hall–Kier alpha value is -1.13. The normalized spacial score (nSPS) is 10.2. The molecule has 0 fully saturated rings. The van der Waals surface area contributed by atoms with Crippen molar-refractivity contribution in [3.63, 3.8) is 0 Å². The second-order valence-electron chi connectivity index (χ2n) is 3.53. The minimum atomic E-state index is 0.539. The van der Waals surface area contributed by atoms with E-state index in [0.29, 0.717) is 17.3 Å². The Morgan fingerprint density at radius 3 is 2.35 bits per heavy atom. The summed E-state index contributed by atoms with van der Waals surface area (Å²) in [6, 6.07) is 3.63. The van der Waals surface area contributed by atoms with Crippen molar-refractivity contribution in [2.45, 2.75) is 6.92 Å². The molecule has 0 saturated carbocycles. The molecule has 96 valence electrons. The standard InChI is InChI=1S/C12H19ClN2O2/c1-4-15(6-5-14)10-8-11(16-2)9(13)7-12(10)17-3/h7-8H,4-6,14H2,1-3H3. The zero-order valence-electron chi connectivity index (χ0n) is 10.5. The highest BCUT2D eigenvalue weighted by Gasteiger charge is 2.14. The first-order valence-electron chi connectivity index (χ1n) is 5.54. The maximum atomic E-state index is 6.06. The SMILES string of the molecule is CCN(CCN)c1cc(OC)c(Cl)cc1OC. The largest absolute Gasteiger partial charge is 0.495 e. The van der Waals surface area contributed by atoms with Gasteiger partial charge in [-0.15, -0.1) is 0 Å². The number of nitrogens with zero attached hydrogens (tertiary/aromatic N) is 1. The Labute approximate surface area is 107 Å². The molecule has 2 N–H and O–H groups in total. The van der Waals surface area contributed by atoms with E-state index >= 15 is 0 Å². The van der Waals surface area contributed by atoms with Gasteiger partial charge in [-0.1, -0.05) is 11.6 Å². The summed E-state index contributed by atoms with van der Waals surface area (Å²) in [6.45, 7) is 4.26. The van der Waals surface area contributed by atoms with Crippen LogP contribution in [0.3, 0.4) is 0 Å². The highest BCUT2D eigenvalue weighted by molar-refractivity contribution is 6.32. The zero-order chi connectivity index (χ0) is 12.8. The van der Waals surface area contributed by atoms with Gasteiger partial charge in [-0.25, -0.2) is 0 Å². The minimum Gasteiger partial charge on any atom is -0.495 e. The summed E-state index contributed by atoms with van der Waals surface area (Å²) in [4.78, 5) is 2.12. The van der Waals surface area contributed by atoms with Gasteiger partial charge in [-0.2, -0.15) is 0 Å². The molecule has 1 rings (SSSR count). The predicted octanol–water partition coefficient (Wildman–Crippen LogP) is 2.14. The molecule has 0 aliphatic heterocycles. The summed E-state index contributed by atoms with van der Waals surface area (Å²) < 4.78 is 10.5. The van der Waals surface area contributed by atoms with Crippen molar-refractivity contribution in [1.82, 2.24) is 0 Å². The van der Waals surface area contributed by atoms with Crippen LogP contribution in [0.5, 0.6) is 11.5 Å². The monoisotopic (exact) mass is 258 g/mol. The van der Waals surface area contributed by atoms with Crippen LogP contribution >= 0.6 is 11.6 Å². The van der Waals surface area contributed by atoms with Crippen molar-refractivity contribution in [2.24, 2.45) is 5.73 Å². The average molecular weight is 259 g/mol. The third-order valence-electron chi connectivity index (χ3n) is 2.57. The lowest BCUT2D eigenvalue weighted by atomic mass is 10.2. The van der Waals surface area contributed by atoms with Gasteiger partial charge in [0.2, 0.25) is 0 Å². The van der Waals surface area contributed by atoms with Crippen LogP contribution in [-0.2, 0) is 0 Å². The Kier molecular flexibility index (Phi) is 5.38. The molecule has 0 radical (unpaired) electrons. The Morgan fingerprint density at radius 2 is 1.88 bits per heavy atom. The van der Waals surface area contributed by atoms with Crippen molar-refractivity contribution >= 4 is 17.3 Å². The fourth-order valence-corrected chi connectivity index (χ4v) is 1.93. The van der Waals surface area contributed by atoms with Gasteiger partial charge in [0.05, 0.1) is 24.9 Å². The van der Waals surface area contributed by atoms with Crippen molar-refractivity contribution < 1.29 is 9.47 Å². The van der Waals surface area contributed by atoms with E-state index in [2.05, 4.69) is 11.8 Å². The number of anilines is 1. The first kappa shape index (κ1) is 13.9. The molecule has 1 aromatic carbocycles. The minimum absolute atomic E-state index is 0.539. The molecule has 4 nitrogen and oxygen atoms in total. The van der Waals surface area contributed by atoms with Crippen LogP contribution in [0.15, 0.2) is 12.1 Å². The first-order chi connectivity index (χ1) is 8.17.